The van der Waals surface area contributed by atoms with E-state index in [1.54, 1.807) is 17.4 Å². The molecule has 0 amide bonds. The van der Waals surface area contributed by atoms with E-state index in [9.17, 15) is 31.6 Å². The quantitative estimate of drug-likeness (QED) is 0.0617. The fourth-order valence-electron chi connectivity index (χ4n) is 15.3. The van der Waals surface area contributed by atoms with Gasteiger partial charge >= 0.3 is 22.7 Å². The fourth-order valence-corrected chi connectivity index (χ4v) is 18.2. The van der Waals surface area contributed by atoms with E-state index in [2.05, 4.69) is 241 Å². The van der Waals surface area contributed by atoms with Crippen LogP contribution in [-0.2, 0) is 10.1 Å². The van der Waals surface area contributed by atoms with Gasteiger partial charge in [0.25, 0.3) is 0 Å². The molecule has 5 nitrogen and oxygen atoms in total. The van der Waals surface area contributed by atoms with E-state index in [4.69, 9.17) is 0 Å². The molecule has 0 fully saturated rings. The van der Waals surface area contributed by atoms with Crippen LogP contribution in [0.5, 0.6) is 5.75 Å². The SMILES string of the molecule is O=S(=O)(Oc1cccc(-c2ccc3c4ccccc4c4ccccc4c3c2)c1)C(F)(F)F.OB(O)c1cc(-c2ccccc2)cc2c1sc1ccc(-c3ccccc3)cc12.S.c1ccc(-c2ccc3sc4c(-c5cccc(-c6ccc7c8ccccc8c8ccccc8c7c6)c5)cc(-c5ccccc5)cc4c3c2)cc1. The van der Waals surface area contributed by atoms with Gasteiger partial charge in [0.1, 0.15) is 5.75 Å². The molecular weight excluding hydrogens is 1440 g/mol. The highest BCUT2D eigenvalue weighted by molar-refractivity contribution is 7.88. The van der Waals surface area contributed by atoms with Crippen LogP contribution in [0.4, 0.5) is 13.2 Å². The lowest BCUT2D eigenvalue weighted by Crippen LogP contribution is -2.30. The van der Waals surface area contributed by atoms with E-state index < -0.39 is 28.5 Å². The van der Waals surface area contributed by atoms with Crippen LogP contribution in [-0.4, -0.2) is 31.1 Å². The van der Waals surface area contributed by atoms with Crippen LogP contribution >= 0.6 is 36.2 Å². The van der Waals surface area contributed by atoms with Gasteiger partial charge in [-0.25, -0.2) is 0 Å². The first kappa shape index (κ1) is 70.8. The predicted octanol–water partition coefficient (Wildman–Crippen LogP) is 26.4. The third-order valence-electron chi connectivity index (χ3n) is 20.5. The molecule has 0 radical (unpaired) electrons. The first-order valence-corrected chi connectivity index (χ1v) is 38.7. The van der Waals surface area contributed by atoms with Crippen LogP contribution in [0.15, 0.2) is 364 Å². The molecule has 13 heteroatoms. The Morgan fingerprint density at radius 3 is 0.991 bits per heavy atom. The van der Waals surface area contributed by atoms with Crippen LogP contribution in [0.1, 0.15) is 0 Å². The van der Waals surface area contributed by atoms with Gasteiger partial charge in [-0.2, -0.15) is 35.1 Å². The Balaban J connectivity index is 0.000000126. The normalized spacial score (nSPS) is 11.7. The number of halogens is 3. The Labute approximate surface area is 648 Å². The zero-order valence-electron chi connectivity index (χ0n) is 58.7. The Morgan fingerprint density at radius 2 is 0.564 bits per heavy atom. The maximum atomic E-state index is 12.7. The van der Waals surface area contributed by atoms with E-state index in [0.717, 1.165) is 74.7 Å². The summed E-state index contributed by atoms with van der Waals surface area (Å²) >= 11 is 3.50. The maximum Gasteiger partial charge on any atom is 0.534 e. The molecule has 0 atom stereocenters. The summed E-state index contributed by atoms with van der Waals surface area (Å²) in [5.41, 5.74) is 10.6. The predicted molar refractivity (Wildman–Crippen MR) is 464 cm³/mol. The van der Waals surface area contributed by atoms with Gasteiger partial charge in [0.2, 0.25) is 0 Å². The summed E-state index contributed by atoms with van der Waals surface area (Å²) in [4.78, 5) is 0. The second-order valence-electron chi connectivity index (χ2n) is 27.1. The molecule has 0 aliphatic heterocycles. The summed E-state index contributed by atoms with van der Waals surface area (Å²) in [6.45, 7) is 0. The van der Waals surface area contributed by atoms with Crippen molar-refractivity contribution in [1.29, 1.82) is 0 Å². The average Bonchev–Trinajstić information content (AvgIpc) is 1.63. The minimum Gasteiger partial charge on any atom is -0.423 e. The van der Waals surface area contributed by atoms with Crippen molar-refractivity contribution < 1.29 is 35.8 Å². The molecule has 0 saturated carbocycles. The summed E-state index contributed by atoms with van der Waals surface area (Å²) in [7, 11) is -7.24. The van der Waals surface area contributed by atoms with Gasteiger partial charge in [0.15, 0.2) is 0 Å². The van der Waals surface area contributed by atoms with Crippen molar-refractivity contribution >= 4 is 164 Å². The molecule has 110 heavy (non-hydrogen) atoms. The van der Waals surface area contributed by atoms with E-state index >= 15 is 0 Å². The number of rotatable bonds is 10. The molecule has 20 rings (SSSR count). The number of hydrogen-bond acceptors (Lipinski definition) is 7. The number of thiophene rings is 2. The van der Waals surface area contributed by atoms with Gasteiger partial charge < -0.3 is 14.2 Å². The van der Waals surface area contributed by atoms with Gasteiger partial charge in [0.05, 0.1) is 0 Å². The van der Waals surface area contributed by atoms with Crippen LogP contribution in [0, 0.1) is 0 Å². The molecule has 2 heterocycles. The largest absolute Gasteiger partial charge is 0.534 e. The molecule has 0 unspecified atom stereocenters. The second-order valence-corrected chi connectivity index (χ2v) is 30.7. The van der Waals surface area contributed by atoms with Crippen molar-refractivity contribution in [2.24, 2.45) is 0 Å². The van der Waals surface area contributed by atoms with Crippen molar-refractivity contribution in [3.05, 3.63) is 364 Å². The molecule has 20 aromatic rings. The molecule has 0 aliphatic rings. The van der Waals surface area contributed by atoms with Crippen molar-refractivity contribution in [3.8, 4) is 83.6 Å². The highest BCUT2D eigenvalue weighted by atomic mass is 32.2. The van der Waals surface area contributed by atoms with Crippen molar-refractivity contribution in [1.82, 2.24) is 0 Å². The summed E-state index contributed by atoms with van der Waals surface area (Å²) < 4.78 is 69.8. The van der Waals surface area contributed by atoms with Crippen LogP contribution in [0.2, 0.25) is 0 Å². The zero-order valence-corrected chi connectivity index (χ0v) is 62.1. The van der Waals surface area contributed by atoms with E-state index in [0.29, 0.717) is 11.0 Å². The van der Waals surface area contributed by atoms with Gasteiger partial charge in [-0.15, -0.1) is 22.7 Å². The summed E-state index contributed by atoms with van der Waals surface area (Å²) in [5, 5.41) is 39.1. The lowest BCUT2D eigenvalue weighted by molar-refractivity contribution is -0.0500. The highest BCUT2D eigenvalue weighted by Crippen LogP contribution is 2.47. The Kier molecular flexibility index (Phi) is 18.9. The summed E-state index contributed by atoms with van der Waals surface area (Å²) in [6, 6.07) is 125. The van der Waals surface area contributed by atoms with Gasteiger partial charge in [0, 0.05) is 51.4 Å². The minimum absolute atomic E-state index is 0. The fraction of sp³-hybridized carbons (Fsp3) is 0.0103. The maximum absolute atomic E-state index is 12.7. The molecule has 18 aromatic carbocycles. The first-order valence-electron chi connectivity index (χ1n) is 35.7. The Hall–Kier alpha value is -12.2. The van der Waals surface area contributed by atoms with Gasteiger partial charge in [-0.1, -0.05) is 291 Å². The van der Waals surface area contributed by atoms with Crippen molar-refractivity contribution in [2.45, 2.75) is 5.51 Å². The molecule has 0 bridgehead atoms. The average molecular weight is 1510 g/mol. The molecular formula is C97H64BF3O5S4. The van der Waals surface area contributed by atoms with Gasteiger partial charge in [-0.05, 0) is 210 Å². The lowest BCUT2D eigenvalue weighted by Gasteiger charge is -2.13. The molecule has 2 N–H and O–H groups in total. The van der Waals surface area contributed by atoms with E-state index in [-0.39, 0.29) is 13.5 Å². The third kappa shape index (κ3) is 13.4. The van der Waals surface area contributed by atoms with Crippen molar-refractivity contribution in [2.75, 3.05) is 0 Å². The summed E-state index contributed by atoms with van der Waals surface area (Å²) in [6.07, 6.45) is 0. The zero-order chi connectivity index (χ0) is 73.9. The summed E-state index contributed by atoms with van der Waals surface area (Å²) in [5.74, 6) is -0.400. The molecule has 0 saturated heterocycles. The van der Waals surface area contributed by atoms with E-state index in [1.807, 2.05) is 114 Å². The molecule has 2 aromatic heterocycles. The first-order chi connectivity index (χ1) is 53.2. The van der Waals surface area contributed by atoms with Crippen molar-refractivity contribution in [3.63, 3.8) is 0 Å². The number of fused-ring (bicyclic) bond motifs is 18. The molecule has 530 valence electrons. The Morgan fingerprint density at radius 1 is 0.264 bits per heavy atom. The smallest absolute Gasteiger partial charge is 0.423 e. The molecule has 0 aliphatic carbocycles. The standard InChI is InChI=1S/C48H30S.C25H15F3O3S.C24H17BO2S.H2S/c1-3-12-31(13-4-1)34-23-25-47-45(28-34)46-30-37(32-14-5-2-6-15-32)29-43(48(46)49-47)36-17-11-16-33(26-36)35-22-24-42-40-20-8-7-18-38(40)39-19-9-10-21-41(39)44(42)27-35;26-25(27,28)32(29,30)31-18-7-5-6-16(14-18)17-12-13-23-21-10-2-1-8-19(21)20-9-3-4-11-22(20)24(23)15-17;26-25(27)22-15-19(17-9-5-2-6-10-17)14-21-20-13-18(16-7-3-1-4-8-16)11-12-23(20)28-24(21)22;/h1-30H;1-15H;1-15,26-27H;1H2. The van der Waals surface area contributed by atoms with Gasteiger partial charge in [-0.3, -0.25) is 0 Å². The molecule has 0 spiro atoms. The van der Waals surface area contributed by atoms with E-state index in [1.165, 1.54) is 121 Å². The lowest BCUT2D eigenvalue weighted by atomic mass is 9.78. The van der Waals surface area contributed by atoms with Crippen LogP contribution < -0.4 is 9.65 Å². The Bertz CT molecular complexity index is 6980. The number of benzene rings is 18. The topological polar surface area (TPSA) is 83.8 Å². The monoisotopic (exact) mass is 1500 g/mol. The number of alkyl halides is 3. The highest BCUT2D eigenvalue weighted by Gasteiger charge is 2.48. The van der Waals surface area contributed by atoms with Crippen LogP contribution in [0.25, 0.3) is 183 Å². The minimum atomic E-state index is -5.74. The number of hydrogen-bond donors (Lipinski definition) is 2. The second kappa shape index (κ2) is 29.4. The van der Waals surface area contributed by atoms with Crippen LogP contribution in [0.3, 0.4) is 0 Å². The third-order valence-corrected chi connectivity index (χ3v) is 24.0.